The molecule has 9 heteroatoms. The average Bonchev–Trinajstić information content (AvgIpc) is 2.98. The molecule has 0 radical (unpaired) electrons. The average molecular weight is 516 g/mol. The van der Waals surface area contributed by atoms with Crippen molar-refractivity contribution in [1.82, 2.24) is 19.0 Å². The van der Waals surface area contributed by atoms with Crippen LogP contribution in [0.5, 0.6) is 11.5 Å². The van der Waals surface area contributed by atoms with E-state index in [4.69, 9.17) is 9.47 Å². The molecule has 0 aliphatic carbocycles. The molecular weight excluding hydrogens is 482 g/mol. The number of ether oxygens (including phenoxy) is 2. The molecule has 38 heavy (non-hydrogen) atoms. The van der Waals surface area contributed by atoms with Gasteiger partial charge in [-0.05, 0) is 48.0 Å². The van der Waals surface area contributed by atoms with Crippen LogP contribution in [-0.4, -0.2) is 66.0 Å². The molecule has 0 saturated carbocycles. The van der Waals surface area contributed by atoms with Gasteiger partial charge in [0, 0.05) is 26.2 Å². The molecule has 1 aliphatic heterocycles. The van der Waals surface area contributed by atoms with Crippen LogP contribution < -0.4 is 25.6 Å². The van der Waals surface area contributed by atoms with Gasteiger partial charge in [0.2, 0.25) is 0 Å². The van der Waals surface area contributed by atoms with Gasteiger partial charge in [-0.3, -0.25) is 13.9 Å². The first-order valence-corrected chi connectivity index (χ1v) is 12.9. The van der Waals surface area contributed by atoms with Gasteiger partial charge in [0.1, 0.15) is 17.1 Å². The zero-order chi connectivity index (χ0) is 26.6. The van der Waals surface area contributed by atoms with Crippen LogP contribution in [0.2, 0.25) is 0 Å². The van der Waals surface area contributed by atoms with E-state index in [0.29, 0.717) is 16.8 Å². The smallest absolute Gasteiger partial charge is 0.333 e. The van der Waals surface area contributed by atoms with E-state index in [1.54, 1.807) is 25.0 Å². The standard InChI is InChI=1S/C29H33N5O4/c1-4-31-13-15-32(16-14-31)23-17-26-27(30-18-23)33(19-21-5-9-24(37-2)10-6-21)29(36)34(28(26)35)20-22-7-11-25(38-3)12-8-22/h5-12,17-18H,4,13-16,19-20H2,1-3H3. The van der Waals surface area contributed by atoms with Crippen LogP contribution in [0.4, 0.5) is 5.69 Å². The van der Waals surface area contributed by atoms with E-state index in [9.17, 15) is 9.59 Å². The van der Waals surface area contributed by atoms with Crippen molar-refractivity contribution >= 4 is 16.7 Å². The normalized spacial score (nSPS) is 14.1. The third kappa shape index (κ3) is 5.15. The van der Waals surface area contributed by atoms with Gasteiger partial charge in [-0.15, -0.1) is 0 Å². The van der Waals surface area contributed by atoms with Gasteiger partial charge < -0.3 is 19.3 Å². The maximum Gasteiger partial charge on any atom is 0.333 e. The molecule has 3 heterocycles. The SMILES string of the molecule is CCN1CCN(c2cnc3c(c2)c(=O)n(Cc2ccc(OC)cc2)c(=O)n3Cc2ccc(OC)cc2)CC1. The van der Waals surface area contributed by atoms with E-state index in [-0.39, 0.29) is 18.6 Å². The van der Waals surface area contributed by atoms with E-state index in [1.165, 1.54) is 4.57 Å². The number of rotatable bonds is 8. The summed E-state index contributed by atoms with van der Waals surface area (Å²) in [4.78, 5) is 36.8. The third-order valence-electron chi connectivity index (χ3n) is 7.23. The van der Waals surface area contributed by atoms with Crippen molar-refractivity contribution in [3.63, 3.8) is 0 Å². The fourth-order valence-corrected chi connectivity index (χ4v) is 4.89. The van der Waals surface area contributed by atoms with Crippen LogP contribution in [0.3, 0.4) is 0 Å². The Morgan fingerprint density at radius 2 is 1.34 bits per heavy atom. The molecular formula is C29H33N5O4. The molecule has 0 unspecified atom stereocenters. The van der Waals surface area contributed by atoms with Crippen molar-refractivity contribution in [1.29, 1.82) is 0 Å². The zero-order valence-electron chi connectivity index (χ0n) is 22.1. The van der Waals surface area contributed by atoms with Gasteiger partial charge in [0.15, 0.2) is 0 Å². The molecule has 0 bridgehead atoms. The van der Waals surface area contributed by atoms with Gasteiger partial charge in [-0.2, -0.15) is 0 Å². The summed E-state index contributed by atoms with van der Waals surface area (Å²) in [6.45, 7) is 7.29. The summed E-state index contributed by atoms with van der Waals surface area (Å²) in [5, 5.41) is 0.432. The Balaban J connectivity index is 1.60. The quantitative estimate of drug-likeness (QED) is 0.357. The Labute approximate surface area is 221 Å². The molecule has 1 saturated heterocycles. The Morgan fingerprint density at radius 3 is 1.87 bits per heavy atom. The third-order valence-corrected chi connectivity index (χ3v) is 7.23. The molecule has 2 aromatic carbocycles. The van der Waals surface area contributed by atoms with E-state index >= 15 is 0 Å². The summed E-state index contributed by atoms with van der Waals surface area (Å²) in [6.07, 6.45) is 1.78. The molecule has 1 fully saturated rings. The number of aromatic nitrogens is 3. The number of methoxy groups -OCH3 is 2. The first kappa shape index (κ1) is 25.5. The molecule has 0 atom stereocenters. The topological polar surface area (TPSA) is 81.8 Å². The summed E-state index contributed by atoms with van der Waals surface area (Å²) in [5.74, 6) is 1.45. The summed E-state index contributed by atoms with van der Waals surface area (Å²) in [5.41, 5.74) is 2.29. The van der Waals surface area contributed by atoms with Gasteiger partial charge in [0.25, 0.3) is 5.56 Å². The van der Waals surface area contributed by atoms with E-state index < -0.39 is 5.69 Å². The Kier molecular flexibility index (Phi) is 7.46. The van der Waals surface area contributed by atoms with Crippen molar-refractivity contribution in [2.75, 3.05) is 51.8 Å². The zero-order valence-corrected chi connectivity index (χ0v) is 22.1. The van der Waals surface area contributed by atoms with Crippen LogP contribution in [0.25, 0.3) is 11.0 Å². The monoisotopic (exact) mass is 515 g/mol. The molecule has 9 nitrogen and oxygen atoms in total. The van der Waals surface area contributed by atoms with Gasteiger partial charge in [0.05, 0.1) is 44.6 Å². The van der Waals surface area contributed by atoms with Crippen LogP contribution in [0.15, 0.2) is 70.4 Å². The van der Waals surface area contributed by atoms with Gasteiger partial charge in [-0.25, -0.2) is 9.78 Å². The molecule has 198 valence electrons. The second-order valence-electron chi connectivity index (χ2n) is 9.44. The van der Waals surface area contributed by atoms with Crippen molar-refractivity contribution in [2.45, 2.75) is 20.0 Å². The number of anilines is 1. The molecule has 4 aromatic rings. The number of fused-ring (bicyclic) bond motifs is 1. The highest BCUT2D eigenvalue weighted by Crippen LogP contribution is 2.20. The van der Waals surface area contributed by atoms with Crippen molar-refractivity contribution in [3.8, 4) is 11.5 Å². The summed E-state index contributed by atoms with van der Waals surface area (Å²) in [7, 11) is 3.22. The second-order valence-corrected chi connectivity index (χ2v) is 9.44. The number of nitrogens with zero attached hydrogens (tertiary/aromatic N) is 5. The van der Waals surface area contributed by atoms with E-state index in [0.717, 1.165) is 55.3 Å². The fraction of sp³-hybridized carbons (Fsp3) is 0.345. The Bertz CT molecular complexity index is 1520. The molecule has 1 aliphatic rings. The lowest BCUT2D eigenvalue weighted by Crippen LogP contribution is -2.46. The molecule has 5 rings (SSSR count). The van der Waals surface area contributed by atoms with Gasteiger partial charge >= 0.3 is 5.69 Å². The minimum absolute atomic E-state index is 0.152. The summed E-state index contributed by atoms with van der Waals surface area (Å²) in [6, 6.07) is 16.8. The second kappa shape index (κ2) is 11.1. The lowest BCUT2D eigenvalue weighted by molar-refractivity contribution is 0.271. The highest BCUT2D eigenvalue weighted by atomic mass is 16.5. The van der Waals surface area contributed by atoms with Crippen molar-refractivity contribution in [2.24, 2.45) is 0 Å². The first-order chi connectivity index (χ1) is 18.5. The Morgan fingerprint density at radius 1 is 0.789 bits per heavy atom. The number of hydrogen-bond acceptors (Lipinski definition) is 7. The highest BCUT2D eigenvalue weighted by molar-refractivity contribution is 5.78. The minimum atomic E-state index is -0.397. The van der Waals surface area contributed by atoms with E-state index in [1.807, 2.05) is 54.6 Å². The van der Waals surface area contributed by atoms with Crippen LogP contribution in [0.1, 0.15) is 18.1 Å². The van der Waals surface area contributed by atoms with Crippen LogP contribution >= 0.6 is 0 Å². The lowest BCUT2D eigenvalue weighted by atomic mass is 10.2. The molecule has 0 N–H and O–H groups in total. The van der Waals surface area contributed by atoms with Crippen molar-refractivity contribution < 1.29 is 9.47 Å². The van der Waals surface area contributed by atoms with E-state index in [2.05, 4.69) is 21.7 Å². The predicted molar refractivity (Wildman–Crippen MR) is 149 cm³/mol. The number of hydrogen-bond donors (Lipinski definition) is 0. The molecule has 2 aromatic heterocycles. The van der Waals surface area contributed by atoms with Crippen LogP contribution in [-0.2, 0) is 13.1 Å². The largest absolute Gasteiger partial charge is 0.497 e. The highest BCUT2D eigenvalue weighted by Gasteiger charge is 2.20. The minimum Gasteiger partial charge on any atom is -0.497 e. The maximum atomic E-state index is 13.7. The number of piperazine rings is 1. The maximum absolute atomic E-state index is 13.7. The van der Waals surface area contributed by atoms with Crippen LogP contribution in [0, 0.1) is 0 Å². The summed E-state index contributed by atoms with van der Waals surface area (Å²) < 4.78 is 13.4. The number of benzene rings is 2. The summed E-state index contributed by atoms with van der Waals surface area (Å²) >= 11 is 0. The van der Waals surface area contributed by atoms with Gasteiger partial charge in [-0.1, -0.05) is 31.2 Å². The number of likely N-dealkylation sites (N-methyl/N-ethyl adjacent to an activating group) is 1. The molecule has 0 spiro atoms. The van der Waals surface area contributed by atoms with Crippen molar-refractivity contribution in [3.05, 3.63) is 92.8 Å². The first-order valence-electron chi connectivity index (χ1n) is 12.9. The lowest BCUT2D eigenvalue weighted by Gasteiger charge is -2.35. The number of pyridine rings is 1. The Hall–Kier alpha value is -4.11. The fourth-order valence-electron chi connectivity index (χ4n) is 4.89. The molecule has 0 amide bonds. The predicted octanol–water partition coefficient (Wildman–Crippen LogP) is 2.81.